The Morgan fingerprint density at radius 1 is 1.25 bits per heavy atom. The molecule has 0 aliphatic rings. The highest BCUT2D eigenvalue weighted by Crippen LogP contribution is 2.30. The molecule has 0 saturated carbocycles. The third kappa shape index (κ3) is 2.85. The average molecular weight is 223 g/mol. The van der Waals surface area contributed by atoms with E-state index in [0.717, 1.165) is 18.7 Å². The van der Waals surface area contributed by atoms with E-state index in [9.17, 15) is 0 Å². The van der Waals surface area contributed by atoms with Crippen molar-refractivity contribution in [1.29, 1.82) is 0 Å². The second-order valence-corrected chi connectivity index (χ2v) is 6.13. The molecule has 92 valence electrons. The highest BCUT2D eigenvalue weighted by molar-refractivity contribution is 5.30. The molecule has 1 aromatic heterocycles. The highest BCUT2D eigenvalue weighted by atomic mass is 15.3. The Kier molecular flexibility index (Phi) is 3.48. The zero-order valence-electron chi connectivity index (χ0n) is 11.5. The Labute approximate surface area is 99.0 Å². The lowest BCUT2D eigenvalue weighted by Gasteiger charge is -2.24. The van der Waals surface area contributed by atoms with Crippen molar-refractivity contribution in [2.24, 2.45) is 5.73 Å². The Balaban J connectivity index is 3.24. The van der Waals surface area contributed by atoms with E-state index in [-0.39, 0.29) is 11.0 Å². The van der Waals surface area contributed by atoms with E-state index in [1.165, 1.54) is 5.56 Å². The van der Waals surface area contributed by atoms with E-state index < -0.39 is 0 Å². The molecular formula is C13H25N3. The van der Waals surface area contributed by atoms with Crippen LogP contribution in [0.2, 0.25) is 0 Å². The number of hydrogen-bond donors (Lipinski definition) is 1. The van der Waals surface area contributed by atoms with Gasteiger partial charge in [0.25, 0.3) is 0 Å². The Morgan fingerprint density at radius 2 is 1.81 bits per heavy atom. The van der Waals surface area contributed by atoms with Gasteiger partial charge in [-0.25, -0.2) is 0 Å². The molecule has 0 aromatic carbocycles. The second-order valence-electron chi connectivity index (χ2n) is 6.13. The fourth-order valence-corrected chi connectivity index (χ4v) is 1.79. The lowest BCUT2D eigenvalue weighted by molar-refractivity contribution is 0.489. The minimum atomic E-state index is -0.373. The maximum Gasteiger partial charge on any atom is 0.0854 e. The summed E-state index contributed by atoms with van der Waals surface area (Å²) in [5, 5.41) is 4.63. The maximum atomic E-state index is 6.19. The monoisotopic (exact) mass is 223 g/mol. The van der Waals surface area contributed by atoms with Crippen molar-refractivity contribution in [2.45, 2.75) is 65.5 Å². The topological polar surface area (TPSA) is 43.8 Å². The van der Waals surface area contributed by atoms with Crippen LogP contribution in [0.5, 0.6) is 0 Å². The molecule has 0 aliphatic heterocycles. The lowest BCUT2D eigenvalue weighted by Crippen LogP contribution is -2.32. The van der Waals surface area contributed by atoms with Gasteiger partial charge < -0.3 is 5.73 Å². The normalized spacial score (nSPS) is 13.2. The van der Waals surface area contributed by atoms with E-state index in [2.05, 4.69) is 39.0 Å². The van der Waals surface area contributed by atoms with Crippen LogP contribution in [-0.2, 0) is 17.5 Å². The van der Waals surface area contributed by atoms with Gasteiger partial charge in [-0.3, -0.25) is 4.68 Å². The predicted molar refractivity (Wildman–Crippen MR) is 68.4 cm³/mol. The number of aromatic nitrogens is 2. The molecule has 0 radical (unpaired) electrons. The summed E-state index contributed by atoms with van der Waals surface area (Å²) in [5.41, 5.74) is 8.19. The van der Waals surface area contributed by atoms with Gasteiger partial charge in [0.2, 0.25) is 0 Å². The molecule has 0 unspecified atom stereocenters. The molecule has 0 spiro atoms. The van der Waals surface area contributed by atoms with Gasteiger partial charge in [0.05, 0.1) is 11.2 Å². The molecule has 0 amide bonds. The average Bonchev–Trinajstić information content (AvgIpc) is 2.47. The summed E-state index contributed by atoms with van der Waals surface area (Å²) in [6.45, 7) is 13.8. The van der Waals surface area contributed by atoms with E-state index in [4.69, 9.17) is 5.73 Å². The first-order valence-electron chi connectivity index (χ1n) is 6.03. The lowest BCUT2D eigenvalue weighted by atomic mass is 9.83. The molecule has 0 atom stereocenters. The summed E-state index contributed by atoms with van der Waals surface area (Å²) in [6, 6.07) is 0. The first kappa shape index (κ1) is 13.2. The summed E-state index contributed by atoms with van der Waals surface area (Å²) in [5.74, 6) is 0. The number of rotatable bonds is 3. The summed E-state index contributed by atoms with van der Waals surface area (Å²) < 4.78 is 2.02. The predicted octanol–water partition coefficient (Wildman–Crippen LogP) is 2.78. The summed E-state index contributed by atoms with van der Waals surface area (Å²) in [6.07, 6.45) is 3.24. The van der Waals surface area contributed by atoms with Gasteiger partial charge >= 0.3 is 0 Å². The van der Waals surface area contributed by atoms with E-state index in [1.807, 2.05) is 18.5 Å². The first-order chi connectivity index (χ1) is 7.16. The molecule has 16 heavy (non-hydrogen) atoms. The highest BCUT2D eigenvalue weighted by Gasteiger charge is 2.28. The van der Waals surface area contributed by atoms with Crippen molar-refractivity contribution in [3.8, 4) is 0 Å². The molecule has 3 nitrogen and oxygen atoms in total. The SMILES string of the molecule is CCCn1cc(C(C)(C)C)c(C(C)(C)N)n1. The van der Waals surface area contributed by atoms with Crippen LogP contribution >= 0.6 is 0 Å². The fourth-order valence-electron chi connectivity index (χ4n) is 1.79. The molecule has 0 fully saturated rings. The van der Waals surface area contributed by atoms with Gasteiger partial charge in [-0.15, -0.1) is 0 Å². The van der Waals surface area contributed by atoms with Gasteiger partial charge in [0.1, 0.15) is 0 Å². The number of aryl methyl sites for hydroxylation is 1. The largest absolute Gasteiger partial charge is 0.321 e. The smallest absolute Gasteiger partial charge is 0.0854 e. The van der Waals surface area contributed by atoms with Crippen molar-refractivity contribution in [2.75, 3.05) is 0 Å². The third-order valence-electron chi connectivity index (χ3n) is 2.63. The number of nitrogens with zero attached hydrogens (tertiary/aromatic N) is 2. The summed E-state index contributed by atoms with van der Waals surface area (Å²) in [4.78, 5) is 0. The van der Waals surface area contributed by atoms with Gasteiger partial charge in [0.15, 0.2) is 0 Å². The third-order valence-corrected chi connectivity index (χ3v) is 2.63. The summed E-state index contributed by atoms with van der Waals surface area (Å²) >= 11 is 0. The van der Waals surface area contributed by atoms with E-state index in [1.54, 1.807) is 0 Å². The van der Waals surface area contributed by atoms with Crippen LogP contribution in [0, 0.1) is 0 Å². The van der Waals surface area contributed by atoms with Gasteiger partial charge in [-0.2, -0.15) is 5.10 Å². The van der Waals surface area contributed by atoms with Gasteiger partial charge in [-0.1, -0.05) is 27.7 Å². The van der Waals surface area contributed by atoms with Crippen LogP contribution < -0.4 is 5.73 Å². The van der Waals surface area contributed by atoms with Gasteiger partial charge in [0, 0.05) is 18.3 Å². The van der Waals surface area contributed by atoms with Gasteiger partial charge in [-0.05, 0) is 25.7 Å². The minimum Gasteiger partial charge on any atom is -0.321 e. The molecular weight excluding hydrogens is 198 g/mol. The van der Waals surface area contributed by atoms with Crippen molar-refractivity contribution in [3.63, 3.8) is 0 Å². The molecule has 1 rings (SSSR count). The molecule has 1 aromatic rings. The molecule has 0 bridgehead atoms. The van der Waals surface area contributed by atoms with Crippen molar-refractivity contribution in [3.05, 3.63) is 17.5 Å². The molecule has 1 heterocycles. The van der Waals surface area contributed by atoms with Crippen molar-refractivity contribution in [1.82, 2.24) is 9.78 Å². The van der Waals surface area contributed by atoms with E-state index >= 15 is 0 Å². The van der Waals surface area contributed by atoms with Crippen LogP contribution in [0.3, 0.4) is 0 Å². The van der Waals surface area contributed by atoms with Crippen molar-refractivity contribution < 1.29 is 0 Å². The number of nitrogens with two attached hydrogens (primary N) is 1. The van der Waals surface area contributed by atoms with Crippen LogP contribution in [0.15, 0.2) is 6.20 Å². The van der Waals surface area contributed by atoms with Crippen LogP contribution in [-0.4, -0.2) is 9.78 Å². The second kappa shape index (κ2) is 4.21. The van der Waals surface area contributed by atoms with Crippen LogP contribution in [0.25, 0.3) is 0 Å². The molecule has 2 N–H and O–H groups in total. The number of hydrogen-bond acceptors (Lipinski definition) is 2. The molecule has 0 saturated heterocycles. The van der Waals surface area contributed by atoms with Crippen LogP contribution in [0.1, 0.15) is 59.2 Å². The Bertz CT molecular complexity index is 319. The zero-order chi connectivity index (χ0) is 12.6. The standard InChI is InChI=1S/C13H25N3/c1-7-8-16-9-10(12(2,3)4)11(15-16)13(5,6)14/h9H,7-8,14H2,1-6H3. The fraction of sp³-hybridized carbons (Fsp3) is 0.769. The quantitative estimate of drug-likeness (QED) is 0.856. The summed E-state index contributed by atoms with van der Waals surface area (Å²) in [7, 11) is 0. The van der Waals surface area contributed by atoms with E-state index in [0.29, 0.717) is 0 Å². The Morgan fingerprint density at radius 3 is 2.12 bits per heavy atom. The first-order valence-corrected chi connectivity index (χ1v) is 6.03. The Hall–Kier alpha value is -0.830. The van der Waals surface area contributed by atoms with Crippen LogP contribution in [0.4, 0.5) is 0 Å². The van der Waals surface area contributed by atoms with Crippen molar-refractivity contribution >= 4 is 0 Å². The zero-order valence-corrected chi connectivity index (χ0v) is 11.5. The molecule has 3 heteroatoms. The molecule has 0 aliphatic carbocycles. The maximum absolute atomic E-state index is 6.19. The minimum absolute atomic E-state index is 0.0952.